The molecule has 19 heavy (non-hydrogen) atoms. The van der Waals surface area contributed by atoms with Gasteiger partial charge >= 0.3 is 5.97 Å². The van der Waals surface area contributed by atoms with E-state index in [1.54, 1.807) is 18.2 Å². The van der Waals surface area contributed by atoms with Crippen LogP contribution < -0.4 is 10.5 Å². The van der Waals surface area contributed by atoms with E-state index in [0.717, 1.165) is 5.56 Å². The number of carboxylic acids is 1. The summed E-state index contributed by atoms with van der Waals surface area (Å²) in [5.74, 6) is -0.362. The number of nitrogen functional groups attached to an aromatic ring is 1. The fraction of sp³-hybridized carbons (Fsp3) is 0.0769. The Labute approximate surface area is 114 Å². The van der Waals surface area contributed by atoms with Crippen LogP contribution in [0.4, 0.5) is 5.82 Å². The number of rotatable bonds is 3. The standard InChI is InChI=1S/C13H11ClN2O3/c1-7-4-8(14)2-3-10(7)19-11-6-16-12(15)5-9(11)13(17)18/h2-6H,1H3,(H2,15,16)(H,17,18). The number of nitrogens with two attached hydrogens (primary N) is 1. The van der Waals surface area contributed by atoms with Gasteiger partial charge in [0, 0.05) is 5.02 Å². The Hall–Kier alpha value is -2.27. The fourth-order valence-electron chi connectivity index (χ4n) is 1.55. The number of pyridine rings is 1. The Morgan fingerprint density at radius 1 is 1.37 bits per heavy atom. The van der Waals surface area contributed by atoms with Crippen molar-refractivity contribution >= 4 is 23.4 Å². The molecule has 0 radical (unpaired) electrons. The Kier molecular flexibility index (Phi) is 3.57. The van der Waals surface area contributed by atoms with E-state index in [2.05, 4.69) is 4.98 Å². The van der Waals surface area contributed by atoms with Crippen molar-refractivity contribution in [3.8, 4) is 11.5 Å². The van der Waals surface area contributed by atoms with Crippen LogP contribution in [0.25, 0.3) is 0 Å². The van der Waals surface area contributed by atoms with E-state index >= 15 is 0 Å². The summed E-state index contributed by atoms with van der Waals surface area (Å²) in [6, 6.07) is 6.31. The third kappa shape index (κ3) is 2.95. The molecule has 0 unspecified atom stereocenters. The molecule has 0 saturated heterocycles. The number of aromatic nitrogens is 1. The number of aryl methyl sites for hydroxylation is 1. The largest absolute Gasteiger partial charge is 0.478 e. The van der Waals surface area contributed by atoms with E-state index in [9.17, 15) is 4.79 Å². The molecular formula is C13H11ClN2O3. The van der Waals surface area contributed by atoms with Crippen LogP contribution in [0.15, 0.2) is 30.5 Å². The lowest BCUT2D eigenvalue weighted by Crippen LogP contribution is -2.03. The number of halogens is 1. The van der Waals surface area contributed by atoms with Crippen LogP contribution in [-0.2, 0) is 0 Å². The first-order chi connectivity index (χ1) is 8.97. The van der Waals surface area contributed by atoms with Crippen molar-refractivity contribution in [2.45, 2.75) is 6.92 Å². The van der Waals surface area contributed by atoms with E-state index in [-0.39, 0.29) is 17.1 Å². The Bertz CT molecular complexity index is 644. The zero-order valence-corrected chi connectivity index (χ0v) is 10.8. The SMILES string of the molecule is Cc1cc(Cl)ccc1Oc1cnc(N)cc1C(=O)O. The third-order valence-electron chi connectivity index (χ3n) is 2.48. The van der Waals surface area contributed by atoms with Crippen LogP contribution in [0.5, 0.6) is 11.5 Å². The number of hydrogen-bond donors (Lipinski definition) is 2. The smallest absolute Gasteiger partial charge is 0.339 e. The number of anilines is 1. The number of benzene rings is 1. The second-order valence-corrected chi connectivity index (χ2v) is 4.36. The molecule has 0 amide bonds. The van der Waals surface area contributed by atoms with E-state index in [1.165, 1.54) is 12.3 Å². The molecule has 0 bridgehead atoms. The van der Waals surface area contributed by atoms with Crippen molar-refractivity contribution in [2.75, 3.05) is 5.73 Å². The molecule has 98 valence electrons. The van der Waals surface area contributed by atoms with Crippen LogP contribution in [0.3, 0.4) is 0 Å². The van der Waals surface area contributed by atoms with Crippen molar-refractivity contribution in [2.24, 2.45) is 0 Å². The van der Waals surface area contributed by atoms with Crippen molar-refractivity contribution in [1.82, 2.24) is 4.98 Å². The number of carboxylic acid groups (broad SMARTS) is 1. The molecule has 0 aliphatic rings. The molecule has 2 aromatic rings. The molecule has 5 nitrogen and oxygen atoms in total. The summed E-state index contributed by atoms with van der Waals surface area (Å²) in [6.07, 6.45) is 1.28. The van der Waals surface area contributed by atoms with Gasteiger partial charge in [-0.25, -0.2) is 9.78 Å². The molecular weight excluding hydrogens is 268 g/mol. The first-order valence-corrected chi connectivity index (χ1v) is 5.78. The van der Waals surface area contributed by atoms with Gasteiger partial charge in [0.1, 0.15) is 17.1 Å². The Morgan fingerprint density at radius 2 is 2.11 bits per heavy atom. The molecule has 0 fully saturated rings. The molecule has 0 spiro atoms. The molecule has 2 rings (SSSR count). The van der Waals surface area contributed by atoms with Crippen molar-refractivity contribution in [1.29, 1.82) is 0 Å². The molecule has 1 heterocycles. The fourth-order valence-corrected chi connectivity index (χ4v) is 1.78. The zero-order valence-electron chi connectivity index (χ0n) is 10.1. The molecule has 1 aromatic carbocycles. The van der Waals surface area contributed by atoms with Gasteiger partial charge in [0.15, 0.2) is 5.75 Å². The molecule has 0 saturated carbocycles. The molecule has 0 aliphatic heterocycles. The predicted octanol–water partition coefficient (Wildman–Crippen LogP) is 3.12. The van der Waals surface area contributed by atoms with E-state index < -0.39 is 5.97 Å². The number of nitrogens with zero attached hydrogens (tertiary/aromatic N) is 1. The quantitative estimate of drug-likeness (QED) is 0.901. The number of carbonyl (C=O) groups is 1. The zero-order chi connectivity index (χ0) is 14.0. The van der Waals surface area contributed by atoms with E-state index in [1.807, 2.05) is 6.92 Å². The minimum Gasteiger partial charge on any atom is -0.478 e. The second-order valence-electron chi connectivity index (χ2n) is 3.92. The van der Waals surface area contributed by atoms with Gasteiger partial charge in [0.25, 0.3) is 0 Å². The first kappa shape index (κ1) is 13.2. The third-order valence-corrected chi connectivity index (χ3v) is 2.71. The minimum absolute atomic E-state index is 0.0400. The van der Waals surface area contributed by atoms with Gasteiger partial charge in [0.2, 0.25) is 0 Å². The highest BCUT2D eigenvalue weighted by Gasteiger charge is 2.14. The topological polar surface area (TPSA) is 85.4 Å². The van der Waals surface area contributed by atoms with Crippen LogP contribution in [-0.4, -0.2) is 16.1 Å². The number of aromatic carboxylic acids is 1. The van der Waals surface area contributed by atoms with Gasteiger partial charge < -0.3 is 15.6 Å². The summed E-state index contributed by atoms with van der Waals surface area (Å²) in [6.45, 7) is 1.81. The highest BCUT2D eigenvalue weighted by atomic mass is 35.5. The van der Waals surface area contributed by atoms with Crippen molar-refractivity contribution in [3.05, 3.63) is 46.6 Å². The van der Waals surface area contributed by atoms with Crippen LogP contribution in [0, 0.1) is 6.92 Å². The highest BCUT2D eigenvalue weighted by Crippen LogP contribution is 2.29. The maximum Gasteiger partial charge on any atom is 0.339 e. The van der Waals surface area contributed by atoms with Crippen LogP contribution >= 0.6 is 11.6 Å². The number of hydrogen-bond acceptors (Lipinski definition) is 4. The van der Waals surface area contributed by atoms with E-state index in [0.29, 0.717) is 10.8 Å². The van der Waals surface area contributed by atoms with Gasteiger partial charge in [-0.05, 0) is 36.8 Å². The summed E-state index contributed by atoms with van der Waals surface area (Å²) < 4.78 is 5.55. The van der Waals surface area contributed by atoms with E-state index in [4.69, 9.17) is 27.2 Å². The maximum absolute atomic E-state index is 11.1. The monoisotopic (exact) mass is 278 g/mol. The van der Waals surface area contributed by atoms with Gasteiger partial charge in [-0.15, -0.1) is 0 Å². The van der Waals surface area contributed by atoms with Gasteiger partial charge in [0.05, 0.1) is 6.20 Å². The molecule has 6 heteroatoms. The van der Waals surface area contributed by atoms with Gasteiger partial charge in [-0.3, -0.25) is 0 Å². The molecule has 0 atom stereocenters. The summed E-state index contributed by atoms with van der Waals surface area (Å²) in [4.78, 5) is 14.9. The molecule has 1 aromatic heterocycles. The average Bonchev–Trinajstić information content (AvgIpc) is 2.34. The van der Waals surface area contributed by atoms with Crippen LogP contribution in [0.1, 0.15) is 15.9 Å². The lowest BCUT2D eigenvalue weighted by atomic mass is 10.2. The maximum atomic E-state index is 11.1. The van der Waals surface area contributed by atoms with Crippen molar-refractivity contribution in [3.63, 3.8) is 0 Å². The van der Waals surface area contributed by atoms with Crippen molar-refractivity contribution < 1.29 is 14.6 Å². The number of ether oxygens (including phenoxy) is 1. The Balaban J connectivity index is 2.40. The molecule has 3 N–H and O–H groups in total. The molecule has 0 aliphatic carbocycles. The lowest BCUT2D eigenvalue weighted by molar-refractivity contribution is 0.0694. The summed E-state index contributed by atoms with van der Waals surface area (Å²) in [5, 5.41) is 9.68. The summed E-state index contributed by atoms with van der Waals surface area (Å²) >= 11 is 5.84. The lowest BCUT2D eigenvalue weighted by Gasteiger charge is -2.11. The first-order valence-electron chi connectivity index (χ1n) is 5.40. The van der Waals surface area contributed by atoms with Gasteiger partial charge in [-0.1, -0.05) is 11.6 Å². The second kappa shape index (κ2) is 5.16. The van der Waals surface area contributed by atoms with Gasteiger partial charge in [-0.2, -0.15) is 0 Å². The predicted molar refractivity (Wildman–Crippen MR) is 71.9 cm³/mol. The summed E-state index contributed by atoms with van der Waals surface area (Å²) in [7, 11) is 0. The highest BCUT2D eigenvalue weighted by molar-refractivity contribution is 6.30. The normalized spacial score (nSPS) is 10.2. The minimum atomic E-state index is -1.13. The average molecular weight is 279 g/mol. The summed E-state index contributed by atoms with van der Waals surface area (Å²) in [5.41, 5.74) is 6.21. The van der Waals surface area contributed by atoms with Crippen LogP contribution in [0.2, 0.25) is 5.02 Å². The Morgan fingerprint density at radius 3 is 2.74 bits per heavy atom.